The Kier molecular flexibility index (Phi) is 5.29. The van der Waals surface area contributed by atoms with E-state index in [9.17, 15) is 28.0 Å². The summed E-state index contributed by atoms with van der Waals surface area (Å²) in [5.74, 6) is -1.14. The van der Waals surface area contributed by atoms with E-state index >= 15 is 0 Å². The van der Waals surface area contributed by atoms with Crippen LogP contribution < -0.4 is 0 Å². The number of rotatable bonds is 7. The number of ether oxygens (including phenoxy) is 1. The minimum atomic E-state index is -5.01. The maximum Gasteiger partial charge on any atom is 0.443 e. The van der Waals surface area contributed by atoms with Crippen molar-refractivity contribution in [3.8, 4) is 0 Å². The number of hydrogen-bond donors (Lipinski definition) is 1. The van der Waals surface area contributed by atoms with E-state index in [4.69, 9.17) is 4.74 Å². The van der Waals surface area contributed by atoms with Crippen LogP contribution in [0.5, 0.6) is 0 Å². The number of hydrogen-bond acceptors (Lipinski definition) is 4. The summed E-state index contributed by atoms with van der Waals surface area (Å²) in [6.45, 7) is 1.13. The number of fused-ring (bicyclic) bond motifs is 1. The van der Waals surface area contributed by atoms with Crippen molar-refractivity contribution in [2.75, 3.05) is 6.61 Å². The minimum Gasteiger partial charge on any atom is -0.342 e. The lowest BCUT2D eigenvalue weighted by Crippen LogP contribution is -2.54. The molecule has 5 nitrogen and oxygen atoms in total. The normalized spacial score (nSPS) is 20.4. The van der Waals surface area contributed by atoms with Crippen molar-refractivity contribution >= 4 is 11.7 Å². The molecule has 0 aliphatic carbocycles. The highest BCUT2D eigenvalue weighted by molar-refractivity contribution is 5.99. The number of halogens is 3. The van der Waals surface area contributed by atoms with Crippen LogP contribution in [0.4, 0.5) is 13.2 Å². The van der Waals surface area contributed by atoms with Crippen LogP contribution in [0.25, 0.3) is 0 Å². The van der Waals surface area contributed by atoms with Crippen LogP contribution in [0.1, 0.15) is 48.5 Å². The van der Waals surface area contributed by atoms with E-state index in [1.54, 1.807) is 0 Å². The summed E-state index contributed by atoms with van der Waals surface area (Å²) in [5.41, 5.74) is -3.86. The van der Waals surface area contributed by atoms with Crippen LogP contribution in [0.3, 0.4) is 0 Å². The lowest BCUT2D eigenvalue weighted by atomic mass is 10.0. The smallest absolute Gasteiger partial charge is 0.342 e. The van der Waals surface area contributed by atoms with Gasteiger partial charge >= 0.3 is 6.18 Å². The van der Waals surface area contributed by atoms with E-state index in [1.165, 1.54) is 25.1 Å². The van der Waals surface area contributed by atoms with Gasteiger partial charge in [-0.05, 0) is 25.8 Å². The third kappa shape index (κ3) is 3.16. The van der Waals surface area contributed by atoms with Gasteiger partial charge in [0.25, 0.3) is 11.6 Å². The molecule has 1 aromatic rings. The summed E-state index contributed by atoms with van der Waals surface area (Å²) >= 11 is 0. The second-order valence-corrected chi connectivity index (χ2v) is 5.67. The fourth-order valence-electron chi connectivity index (χ4n) is 2.70. The molecule has 0 saturated carbocycles. The molecule has 0 radical (unpaired) electrons. The summed E-state index contributed by atoms with van der Waals surface area (Å²) in [7, 11) is 0. The molecule has 1 aromatic carbocycles. The molecule has 0 saturated heterocycles. The van der Waals surface area contributed by atoms with Gasteiger partial charge in [-0.3, -0.25) is 10.0 Å². The van der Waals surface area contributed by atoms with E-state index in [2.05, 4.69) is 0 Å². The molecule has 1 aliphatic heterocycles. The molecule has 1 N–H and O–H groups in total. The number of unbranched alkanes of at least 4 members (excludes halogenated alkanes) is 2. The predicted octanol–water partition coefficient (Wildman–Crippen LogP) is 3.41. The Morgan fingerprint density at radius 3 is 2.54 bits per heavy atom. The van der Waals surface area contributed by atoms with E-state index in [0.29, 0.717) is 19.3 Å². The molecule has 1 aliphatic rings. The Labute approximate surface area is 137 Å². The first kappa shape index (κ1) is 18.4. The Morgan fingerprint density at radius 1 is 1.25 bits per heavy atom. The zero-order valence-electron chi connectivity index (χ0n) is 13.1. The van der Waals surface area contributed by atoms with Gasteiger partial charge in [-0.15, -0.1) is 0 Å². The second-order valence-electron chi connectivity index (χ2n) is 5.67. The van der Waals surface area contributed by atoms with E-state index in [1.807, 2.05) is 0 Å². The summed E-state index contributed by atoms with van der Waals surface area (Å²) in [6, 6.07) is 5.10. The van der Waals surface area contributed by atoms with Crippen LogP contribution in [-0.4, -0.2) is 34.7 Å². The molecule has 24 heavy (non-hydrogen) atoms. The zero-order valence-corrected chi connectivity index (χ0v) is 13.1. The van der Waals surface area contributed by atoms with Gasteiger partial charge in [0.15, 0.2) is 0 Å². The number of Topliss-reactive ketones (excluding diaryl/α,β-unsaturated/α-hetero) is 1. The lowest BCUT2D eigenvalue weighted by molar-refractivity contribution is -0.377. The predicted molar refractivity (Wildman–Crippen MR) is 77.2 cm³/mol. The van der Waals surface area contributed by atoms with Crippen molar-refractivity contribution in [3.63, 3.8) is 0 Å². The number of carbonyl (C=O) groups excluding carboxylic acids is 2. The molecule has 0 spiro atoms. The third-order valence-corrected chi connectivity index (χ3v) is 3.88. The Morgan fingerprint density at radius 2 is 1.92 bits per heavy atom. The number of amides is 1. The maximum atomic E-state index is 13.7. The van der Waals surface area contributed by atoms with Gasteiger partial charge in [0.05, 0.1) is 12.2 Å². The first-order valence-corrected chi connectivity index (χ1v) is 7.55. The molecular formula is C16H18F3NO4. The van der Waals surface area contributed by atoms with Gasteiger partial charge in [-0.1, -0.05) is 24.6 Å². The van der Waals surface area contributed by atoms with Crippen LogP contribution in [0.2, 0.25) is 0 Å². The van der Waals surface area contributed by atoms with Crippen molar-refractivity contribution in [3.05, 3.63) is 35.4 Å². The topological polar surface area (TPSA) is 66.8 Å². The van der Waals surface area contributed by atoms with Crippen molar-refractivity contribution in [1.29, 1.82) is 0 Å². The number of ketones is 1. The molecule has 0 fully saturated rings. The lowest BCUT2D eigenvalue weighted by Gasteiger charge is -2.36. The fourth-order valence-corrected chi connectivity index (χ4v) is 2.70. The molecule has 0 aromatic heterocycles. The van der Waals surface area contributed by atoms with E-state index in [0.717, 1.165) is 6.07 Å². The number of nitrogens with zero attached hydrogens (tertiary/aromatic N) is 1. The number of carbonyl (C=O) groups is 2. The molecule has 1 amide bonds. The fraction of sp³-hybridized carbons (Fsp3) is 0.500. The average Bonchev–Trinajstić information content (AvgIpc) is 2.73. The highest BCUT2D eigenvalue weighted by Crippen LogP contribution is 2.49. The Balaban J connectivity index is 2.17. The minimum absolute atomic E-state index is 0.0135. The molecular weight excluding hydrogens is 327 g/mol. The molecule has 0 bridgehead atoms. The number of benzene rings is 1. The maximum absolute atomic E-state index is 13.7. The summed E-state index contributed by atoms with van der Waals surface area (Å²) in [5, 5.41) is 9.45. The second kappa shape index (κ2) is 6.90. The monoisotopic (exact) mass is 345 g/mol. The Bertz CT molecular complexity index is 632. The summed E-state index contributed by atoms with van der Waals surface area (Å²) < 4.78 is 46.0. The quantitative estimate of drug-likeness (QED) is 0.607. The zero-order chi connectivity index (χ0) is 18.0. The molecule has 8 heteroatoms. The van der Waals surface area contributed by atoms with Crippen LogP contribution in [0, 0.1) is 0 Å². The van der Waals surface area contributed by atoms with Crippen molar-refractivity contribution in [2.45, 2.75) is 44.5 Å². The Hall–Kier alpha value is -1.93. The van der Waals surface area contributed by atoms with E-state index in [-0.39, 0.29) is 29.4 Å². The van der Waals surface area contributed by atoms with Crippen LogP contribution in [0.15, 0.2) is 24.3 Å². The molecule has 1 atom stereocenters. The molecule has 1 heterocycles. The van der Waals surface area contributed by atoms with Gasteiger partial charge in [0.1, 0.15) is 5.78 Å². The first-order valence-electron chi connectivity index (χ1n) is 7.55. The number of hydroxylamine groups is 2. The van der Waals surface area contributed by atoms with Gasteiger partial charge < -0.3 is 9.53 Å². The largest absolute Gasteiger partial charge is 0.443 e. The standard InChI is InChI=1S/C16H18F3NO4/c1-11(21)7-3-2-6-10-24-15(16(17,18)19)13-9-5-4-8-12(13)14(22)20(15)23/h4-5,8-9,23H,2-3,6-7,10H2,1H3. The summed E-state index contributed by atoms with van der Waals surface area (Å²) in [6.07, 6.45) is -3.32. The molecule has 1 unspecified atom stereocenters. The van der Waals surface area contributed by atoms with Crippen LogP contribution >= 0.6 is 0 Å². The SMILES string of the molecule is CC(=O)CCCCCOC1(C(F)(F)F)c2ccccc2C(=O)N1O. The van der Waals surface area contributed by atoms with Crippen molar-refractivity contribution in [1.82, 2.24) is 5.06 Å². The van der Waals surface area contributed by atoms with Crippen molar-refractivity contribution in [2.24, 2.45) is 0 Å². The first-order chi connectivity index (χ1) is 11.2. The molecule has 2 rings (SSSR count). The highest BCUT2D eigenvalue weighted by atomic mass is 19.4. The van der Waals surface area contributed by atoms with Gasteiger partial charge in [0.2, 0.25) is 0 Å². The van der Waals surface area contributed by atoms with E-state index < -0.39 is 23.4 Å². The van der Waals surface area contributed by atoms with Gasteiger partial charge in [-0.2, -0.15) is 18.2 Å². The molecule has 132 valence electrons. The van der Waals surface area contributed by atoms with Crippen LogP contribution in [-0.2, 0) is 15.3 Å². The number of alkyl halides is 3. The highest BCUT2D eigenvalue weighted by Gasteiger charge is 2.68. The average molecular weight is 345 g/mol. The van der Waals surface area contributed by atoms with Crippen molar-refractivity contribution < 1.29 is 32.7 Å². The third-order valence-electron chi connectivity index (χ3n) is 3.88. The van der Waals surface area contributed by atoms with Gasteiger partial charge in [-0.25, -0.2) is 0 Å². The summed E-state index contributed by atoms with van der Waals surface area (Å²) in [4.78, 5) is 22.8. The van der Waals surface area contributed by atoms with Gasteiger partial charge in [0, 0.05) is 12.0 Å².